The van der Waals surface area contributed by atoms with Crippen LogP contribution in [0.1, 0.15) is 24.9 Å². The van der Waals surface area contributed by atoms with Crippen molar-refractivity contribution in [3.8, 4) is 11.3 Å². The fourth-order valence-electron chi connectivity index (χ4n) is 2.59. The number of rotatable bonds is 8. The lowest BCUT2D eigenvalue weighted by Crippen LogP contribution is -2.26. The third-order valence-electron chi connectivity index (χ3n) is 4.10. The third-order valence-corrected chi connectivity index (χ3v) is 4.10. The number of carboxylic acid groups (broad SMARTS) is 1. The number of hydrogen-bond acceptors (Lipinski definition) is 3. The maximum atomic E-state index is 12.2. The molecule has 2 amide bonds. The van der Waals surface area contributed by atoms with Crippen LogP contribution in [0.5, 0.6) is 0 Å². The molecule has 2 rings (SSSR count). The molecule has 1 aromatic heterocycles. The van der Waals surface area contributed by atoms with Gasteiger partial charge in [-0.15, -0.1) is 13.2 Å². The molecule has 0 saturated heterocycles. The van der Waals surface area contributed by atoms with Gasteiger partial charge in [-0.25, -0.2) is 4.79 Å². The zero-order chi connectivity index (χ0) is 19.8. The third kappa shape index (κ3) is 5.28. The van der Waals surface area contributed by atoms with Crippen molar-refractivity contribution >= 4 is 17.7 Å². The molecule has 140 valence electrons. The number of pyridine rings is 1. The van der Waals surface area contributed by atoms with Crippen molar-refractivity contribution in [3.63, 3.8) is 0 Å². The number of amides is 2. The van der Waals surface area contributed by atoms with Gasteiger partial charge in [-0.2, -0.15) is 0 Å². The lowest BCUT2D eigenvalue weighted by Gasteiger charge is -2.17. The van der Waals surface area contributed by atoms with E-state index in [0.717, 1.165) is 11.1 Å². The van der Waals surface area contributed by atoms with E-state index in [4.69, 9.17) is 5.11 Å². The van der Waals surface area contributed by atoms with Crippen molar-refractivity contribution in [1.82, 2.24) is 10.3 Å². The molecule has 0 fully saturated rings. The Kier molecular flexibility index (Phi) is 6.88. The quantitative estimate of drug-likeness (QED) is 0.605. The molecular formula is C21H23N3O3. The number of nitrogens with one attached hydrogen (secondary N) is 2. The second-order valence-electron chi connectivity index (χ2n) is 6.07. The van der Waals surface area contributed by atoms with Crippen molar-refractivity contribution < 1.29 is 14.7 Å². The average Bonchev–Trinajstić information content (AvgIpc) is 2.67. The summed E-state index contributed by atoms with van der Waals surface area (Å²) in [5, 5.41) is 14.4. The lowest BCUT2D eigenvalue weighted by atomic mass is 9.99. The first kappa shape index (κ1) is 19.9. The molecule has 0 radical (unpaired) electrons. The van der Waals surface area contributed by atoms with E-state index in [1.165, 1.54) is 0 Å². The molecule has 0 saturated carbocycles. The Morgan fingerprint density at radius 3 is 2.70 bits per heavy atom. The number of carbonyl (C=O) groups excluding carboxylic acids is 1. The minimum absolute atomic E-state index is 0.174. The summed E-state index contributed by atoms with van der Waals surface area (Å²) in [7, 11) is 0. The summed E-state index contributed by atoms with van der Waals surface area (Å²) >= 11 is 0. The average molecular weight is 365 g/mol. The highest BCUT2D eigenvalue weighted by molar-refractivity contribution is 5.96. The van der Waals surface area contributed by atoms with Gasteiger partial charge >= 0.3 is 6.09 Å². The van der Waals surface area contributed by atoms with Gasteiger partial charge in [0, 0.05) is 11.8 Å². The van der Waals surface area contributed by atoms with Gasteiger partial charge < -0.3 is 15.7 Å². The van der Waals surface area contributed by atoms with Crippen molar-refractivity contribution in [2.24, 2.45) is 5.92 Å². The summed E-state index contributed by atoms with van der Waals surface area (Å²) in [6, 6.07) is 10.5. The van der Waals surface area contributed by atoms with Crippen LogP contribution in [0.2, 0.25) is 0 Å². The van der Waals surface area contributed by atoms with Gasteiger partial charge in [0.05, 0.1) is 23.3 Å². The number of nitrogens with zero attached hydrogens (tertiary/aromatic N) is 1. The van der Waals surface area contributed by atoms with E-state index in [1.54, 1.807) is 37.4 Å². The minimum Gasteiger partial charge on any atom is -0.465 e. The van der Waals surface area contributed by atoms with Crippen LogP contribution in [0.3, 0.4) is 0 Å². The van der Waals surface area contributed by atoms with Crippen molar-refractivity contribution in [3.05, 3.63) is 73.5 Å². The first-order valence-corrected chi connectivity index (χ1v) is 8.55. The van der Waals surface area contributed by atoms with Crippen molar-refractivity contribution in [1.29, 1.82) is 0 Å². The van der Waals surface area contributed by atoms with Gasteiger partial charge in [0.1, 0.15) is 0 Å². The van der Waals surface area contributed by atoms with Crippen LogP contribution >= 0.6 is 0 Å². The Morgan fingerprint density at radius 2 is 2.04 bits per heavy atom. The Labute approximate surface area is 158 Å². The highest BCUT2D eigenvalue weighted by Crippen LogP contribution is 2.29. The van der Waals surface area contributed by atoms with Crippen molar-refractivity contribution in [2.45, 2.75) is 19.4 Å². The number of aromatic nitrogens is 1. The van der Waals surface area contributed by atoms with Gasteiger partial charge in [0.25, 0.3) is 0 Å². The van der Waals surface area contributed by atoms with Crippen LogP contribution in [0.25, 0.3) is 11.3 Å². The van der Waals surface area contributed by atoms with Gasteiger partial charge in [-0.1, -0.05) is 37.3 Å². The molecule has 6 heteroatoms. The van der Waals surface area contributed by atoms with Gasteiger partial charge in [0.15, 0.2) is 0 Å². The first-order chi connectivity index (χ1) is 13.0. The van der Waals surface area contributed by atoms with Crippen molar-refractivity contribution in [2.75, 3.05) is 5.32 Å². The number of benzene rings is 1. The largest absolute Gasteiger partial charge is 0.465 e. The van der Waals surface area contributed by atoms with Gasteiger partial charge in [-0.05, 0) is 30.2 Å². The van der Waals surface area contributed by atoms with Crippen LogP contribution in [0.4, 0.5) is 10.5 Å². The van der Waals surface area contributed by atoms with Crippen LogP contribution in [-0.4, -0.2) is 22.1 Å². The molecule has 0 aliphatic carbocycles. The van der Waals surface area contributed by atoms with Gasteiger partial charge in [-0.3, -0.25) is 9.78 Å². The lowest BCUT2D eigenvalue weighted by molar-refractivity contribution is -0.118. The minimum atomic E-state index is -1.10. The van der Waals surface area contributed by atoms with E-state index >= 15 is 0 Å². The standard InChI is InChI=1S/C21H23N3O3/c1-4-8-17(24-21(26)27)15-9-6-10-16(13-15)19-18(11-7-12-22-19)23-20(25)14(3)5-2/h4-7,9-14,17,24H,1-2,8H2,3H3,(H,23,25)(H,26,27)/t14-,17+/m1/s1. The summed E-state index contributed by atoms with van der Waals surface area (Å²) in [5.74, 6) is -0.506. The second kappa shape index (κ2) is 9.33. The topological polar surface area (TPSA) is 91.3 Å². The predicted octanol–water partition coefficient (Wildman–Crippen LogP) is 4.39. The molecule has 6 nitrogen and oxygen atoms in total. The maximum Gasteiger partial charge on any atom is 0.405 e. The number of carbonyl (C=O) groups is 2. The summed E-state index contributed by atoms with van der Waals surface area (Å²) < 4.78 is 0. The van der Waals surface area contributed by atoms with E-state index in [9.17, 15) is 9.59 Å². The highest BCUT2D eigenvalue weighted by Gasteiger charge is 2.16. The number of hydrogen-bond donors (Lipinski definition) is 3. The molecule has 0 aliphatic heterocycles. The Bertz CT molecular complexity index is 848. The Hall–Kier alpha value is -3.41. The molecule has 0 spiro atoms. The normalized spacial score (nSPS) is 12.5. The fourth-order valence-corrected chi connectivity index (χ4v) is 2.59. The zero-order valence-electron chi connectivity index (χ0n) is 15.2. The summed E-state index contributed by atoms with van der Waals surface area (Å²) in [6.45, 7) is 9.08. The van der Waals surface area contributed by atoms with Crippen LogP contribution in [0.15, 0.2) is 67.9 Å². The molecule has 0 bridgehead atoms. The number of anilines is 1. The predicted molar refractivity (Wildman–Crippen MR) is 106 cm³/mol. The fraction of sp³-hybridized carbons (Fsp3) is 0.190. The molecule has 2 aromatic rings. The molecule has 0 unspecified atom stereocenters. The Balaban J connectivity index is 2.39. The van der Waals surface area contributed by atoms with Crippen LogP contribution < -0.4 is 10.6 Å². The van der Waals surface area contributed by atoms with E-state index in [1.807, 2.05) is 24.3 Å². The van der Waals surface area contributed by atoms with Crippen LogP contribution in [0, 0.1) is 5.92 Å². The highest BCUT2D eigenvalue weighted by atomic mass is 16.4. The van der Waals surface area contributed by atoms with Gasteiger partial charge in [0.2, 0.25) is 5.91 Å². The molecule has 27 heavy (non-hydrogen) atoms. The molecule has 2 atom stereocenters. The van der Waals surface area contributed by atoms with E-state index in [2.05, 4.69) is 28.8 Å². The Morgan fingerprint density at radius 1 is 1.26 bits per heavy atom. The monoisotopic (exact) mass is 365 g/mol. The molecule has 0 aliphatic rings. The summed E-state index contributed by atoms with van der Waals surface area (Å²) in [6.07, 6.45) is 4.24. The maximum absolute atomic E-state index is 12.2. The SMILES string of the molecule is C=CC[C@H](NC(=O)O)c1cccc(-c2ncccc2NC(=O)[C@H](C)C=C)c1. The molecule has 1 aromatic carbocycles. The summed E-state index contributed by atoms with van der Waals surface area (Å²) in [4.78, 5) is 27.7. The molecular weight excluding hydrogens is 342 g/mol. The summed E-state index contributed by atoms with van der Waals surface area (Å²) in [5.41, 5.74) is 2.75. The van der Waals surface area contributed by atoms with E-state index < -0.39 is 12.1 Å². The molecule has 1 heterocycles. The van der Waals surface area contributed by atoms with E-state index in [-0.39, 0.29) is 11.8 Å². The zero-order valence-corrected chi connectivity index (χ0v) is 15.2. The molecule has 3 N–H and O–H groups in total. The van der Waals surface area contributed by atoms with E-state index in [0.29, 0.717) is 17.8 Å². The second-order valence-corrected chi connectivity index (χ2v) is 6.07. The van der Waals surface area contributed by atoms with Crippen LogP contribution in [-0.2, 0) is 4.79 Å². The first-order valence-electron chi connectivity index (χ1n) is 8.55. The smallest absolute Gasteiger partial charge is 0.405 e.